The molecule has 0 fully saturated rings. The molecule has 1 aliphatic rings. The molecule has 1 radical (unpaired) electrons. The number of aliphatic imine (C=N–C) groups is 1. The first kappa shape index (κ1) is 9.85. The first-order valence-corrected chi connectivity index (χ1v) is 5.52. The second-order valence-electron chi connectivity index (χ2n) is 2.96. The Morgan fingerprint density at radius 3 is 3.17 bits per heavy atom. The molecule has 1 rings (SSSR count). The summed E-state index contributed by atoms with van der Waals surface area (Å²) in [5.74, 6) is 1.05. The molecule has 67 valence electrons. The molecule has 0 spiro atoms. The lowest BCUT2D eigenvalue weighted by atomic mass is 10.2. The van der Waals surface area contributed by atoms with Gasteiger partial charge in [0.1, 0.15) is 0 Å². The molecule has 0 aliphatic carbocycles. The van der Waals surface area contributed by atoms with Crippen LogP contribution in [0.2, 0.25) is 0 Å². The predicted molar refractivity (Wildman–Crippen MR) is 57.5 cm³/mol. The highest BCUT2D eigenvalue weighted by atomic mass is 32.2. The van der Waals surface area contributed by atoms with Crippen molar-refractivity contribution >= 4 is 16.8 Å². The van der Waals surface area contributed by atoms with Crippen LogP contribution in [0.1, 0.15) is 33.1 Å². The zero-order valence-corrected chi connectivity index (χ0v) is 8.66. The number of thioether (sulfide) groups is 1. The van der Waals surface area contributed by atoms with Crippen LogP contribution in [0.15, 0.2) is 16.6 Å². The largest absolute Gasteiger partial charge is 0.272 e. The van der Waals surface area contributed by atoms with Gasteiger partial charge in [-0.3, -0.25) is 4.99 Å². The highest BCUT2D eigenvalue weighted by Gasteiger charge is 2.07. The van der Waals surface area contributed by atoms with Crippen molar-refractivity contribution in [3.8, 4) is 0 Å². The maximum Gasteiger partial charge on any atom is 0.0935 e. The molecule has 0 aromatic heterocycles. The summed E-state index contributed by atoms with van der Waals surface area (Å²) in [6.45, 7) is 6.36. The zero-order chi connectivity index (χ0) is 8.81. The fourth-order valence-electron chi connectivity index (χ4n) is 1.10. The monoisotopic (exact) mass is 182 g/mol. The van der Waals surface area contributed by atoms with Crippen molar-refractivity contribution < 1.29 is 0 Å². The summed E-state index contributed by atoms with van der Waals surface area (Å²) in [6, 6.07) is 0. The van der Waals surface area contributed by atoms with Gasteiger partial charge in [-0.05, 0) is 18.9 Å². The van der Waals surface area contributed by atoms with Crippen LogP contribution in [0.25, 0.3) is 0 Å². The van der Waals surface area contributed by atoms with E-state index in [1.807, 2.05) is 18.3 Å². The van der Waals surface area contributed by atoms with Crippen LogP contribution >= 0.6 is 11.8 Å². The van der Waals surface area contributed by atoms with Crippen molar-refractivity contribution in [2.75, 3.05) is 5.75 Å². The van der Waals surface area contributed by atoms with Gasteiger partial charge in [0.25, 0.3) is 0 Å². The van der Waals surface area contributed by atoms with Gasteiger partial charge >= 0.3 is 0 Å². The summed E-state index contributed by atoms with van der Waals surface area (Å²) in [5.41, 5.74) is 1.35. The Hall–Kier alpha value is -0.240. The van der Waals surface area contributed by atoms with Crippen LogP contribution in [-0.2, 0) is 0 Å². The van der Waals surface area contributed by atoms with Crippen LogP contribution in [0.3, 0.4) is 0 Å². The third-order valence-electron chi connectivity index (χ3n) is 1.85. The molecule has 0 N–H and O–H groups in total. The molecule has 2 heteroatoms. The van der Waals surface area contributed by atoms with E-state index >= 15 is 0 Å². The van der Waals surface area contributed by atoms with E-state index in [2.05, 4.69) is 24.9 Å². The minimum atomic E-state index is 1.05. The number of nitrogens with zero attached hydrogens (tertiary/aromatic N) is 1. The average Bonchev–Trinajstić information content (AvgIpc) is 2.56. The highest BCUT2D eigenvalue weighted by Crippen LogP contribution is 2.20. The van der Waals surface area contributed by atoms with Crippen molar-refractivity contribution in [1.29, 1.82) is 0 Å². The van der Waals surface area contributed by atoms with E-state index < -0.39 is 0 Å². The van der Waals surface area contributed by atoms with Crippen LogP contribution < -0.4 is 0 Å². The summed E-state index contributed by atoms with van der Waals surface area (Å²) in [7, 11) is 0. The Kier molecular flexibility index (Phi) is 4.44. The van der Waals surface area contributed by atoms with Crippen LogP contribution in [0.5, 0.6) is 0 Å². The average molecular weight is 182 g/mol. The standard InChI is InChI=1S/C10H16NS/c1-3-4-5-6-9(2)10-11-7-8-12-10/h6-7H,3-5,8H2,1-2H3. The molecule has 1 heterocycles. The van der Waals surface area contributed by atoms with Gasteiger partial charge in [-0.1, -0.05) is 25.8 Å². The molecule has 0 aromatic carbocycles. The Morgan fingerprint density at radius 1 is 1.75 bits per heavy atom. The Bertz CT molecular complexity index is 194. The maximum absolute atomic E-state index is 4.30. The van der Waals surface area contributed by atoms with E-state index in [0.29, 0.717) is 0 Å². The van der Waals surface area contributed by atoms with Gasteiger partial charge in [0.15, 0.2) is 0 Å². The maximum atomic E-state index is 4.30. The van der Waals surface area contributed by atoms with Gasteiger partial charge in [-0.2, -0.15) is 0 Å². The molecule has 0 unspecified atom stereocenters. The van der Waals surface area contributed by atoms with E-state index in [-0.39, 0.29) is 0 Å². The smallest absolute Gasteiger partial charge is 0.0935 e. The molecule has 0 atom stereocenters. The van der Waals surface area contributed by atoms with Gasteiger partial charge < -0.3 is 0 Å². The van der Waals surface area contributed by atoms with Gasteiger partial charge in [0.05, 0.1) is 11.6 Å². The first-order valence-electron chi connectivity index (χ1n) is 4.54. The molecule has 0 amide bonds. The molecular weight excluding hydrogens is 166 g/mol. The van der Waals surface area contributed by atoms with Gasteiger partial charge in [0.2, 0.25) is 0 Å². The summed E-state index contributed by atoms with van der Waals surface area (Å²) >= 11 is 1.83. The summed E-state index contributed by atoms with van der Waals surface area (Å²) in [6.07, 6.45) is 6.06. The van der Waals surface area contributed by atoms with Gasteiger partial charge in [-0.25, -0.2) is 0 Å². The van der Waals surface area contributed by atoms with E-state index in [1.165, 1.54) is 29.9 Å². The van der Waals surface area contributed by atoms with Gasteiger partial charge in [0, 0.05) is 5.75 Å². The van der Waals surface area contributed by atoms with E-state index in [1.54, 1.807) is 0 Å². The number of allylic oxidation sites excluding steroid dienone is 1. The van der Waals surface area contributed by atoms with Gasteiger partial charge in [-0.15, -0.1) is 11.8 Å². The lowest BCUT2D eigenvalue weighted by Crippen LogP contribution is -1.89. The van der Waals surface area contributed by atoms with Crippen molar-refractivity contribution in [1.82, 2.24) is 0 Å². The minimum Gasteiger partial charge on any atom is -0.272 e. The molecule has 0 aromatic rings. The molecule has 0 saturated carbocycles. The van der Waals surface area contributed by atoms with E-state index in [0.717, 1.165) is 5.75 Å². The third kappa shape index (κ3) is 3.02. The van der Waals surface area contributed by atoms with E-state index in [9.17, 15) is 0 Å². The molecular formula is C10H16NS. The quantitative estimate of drug-likeness (QED) is 0.607. The Balaban J connectivity index is 2.34. The second-order valence-corrected chi connectivity index (χ2v) is 3.97. The topological polar surface area (TPSA) is 12.4 Å². The molecule has 1 aliphatic heterocycles. The van der Waals surface area contributed by atoms with Crippen LogP contribution in [0, 0.1) is 6.54 Å². The molecule has 0 saturated heterocycles. The summed E-state index contributed by atoms with van der Waals surface area (Å²) < 4.78 is 0. The SMILES string of the molecule is CCCCC=C(C)C1=N[CH]CS1. The highest BCUT2D eigenvalue weighted by molar-refractivity contribution is 8.14. The van der Waals surface area contributed by atoms with Crippen LogP contribution in [-0.4, -0.2) is 10.8 Å². The van der Waals surface area contributed by atoms with Crippen molar-refractivity contribution in [2.45, 2.75) is 33.1 Å². The number of hydrogen-bond acceptors (Lipinski definition) is 2. The van der Waals surface area contributed by atoms with E-state index in [4.69, 9.17) is 0 Å². The molecule has 0 bridgehead atoms. The van der Waals surface area contributed by atoms with Crippen LogP contribution in [0.4, 0.5) is 0 Å². The first-order chi connectivity index (χ1) is 5.84. The number of unbranched alkanes of at least 4 members (excludes halogenated alkanes) is 2. The fraction of sp³-hybridized carbons (Fsp3) is 0.600. The summed E-state index contributed by atoms with van der Waals surface area (Å²) in [5, 5.41) is 1.21. The second kappa shape index (κ2) is 5.41. The van der Waals surface area contributed by atoms with Crippen molar-refractivity contribution in [3.05, 3.63) is 18.2 Å². The fourth-order valence-corrected chi connectivity index (χ4v) is 1.87. The normalized spacial score (nSPS) is 18.2. The number of hydrogen-bond donors (Lipinski definition) is 0. The predicted octanol–water partition coefficient (Wildman–Crippen LogP) is 3.43. The van der Waals surface area contributed by atoms with Crippen molar-refractivity contribution in [2.24, 2.45) is 4.99 Å². The number of rotatable bonds is 4. The summed E-state index contributed by atoms with van der Waals surface area (Å²) in [4.78, 5) is 4.30. The minimum absolute atomic E-state index is 1.05. The Morgan fingerprint density at radius 2 is 2.58 bits per heavy atom. The lowest BCUT2D eigenvalue weighted by molar-refractivity contribution is 0.813. The third-order valence-corrected chi connectivity index (χ3v) is 2.87. The lowest BCUT2D eigenvalue weighted by Gasteiger charge is -1.98. The molecule has 1 nitrogen and oxygen atoms in total. The van der Waals surface area contributed by atoms with Crippen molar-refractivity contribution in [3.63, 3.8) is 0 Å². The molecule has 12 heavy (non-hydrogen) atoms. The zero-order valence-electron chi connectivity index (χ0n) is 7.84. The Labute approximate surface area is 79.3 Å².